The Balaban J connectivity index is 2.13. The molecule has 0 fully saturated rings. The van der Waals surface area contributed by atoms with E-state index in [1.807, 2.05) is 13.1 Å². The van der Waals surface area contributed by atoms with Gasteiger partial charge in [0.25, 0.3) is 0 Å². The number of benzene rings is 1. The molecule has 0 amide bonds. The Kier molecular flexibility index (Phi) is 4.58. The second-order valence-corrected chi connectivity index (χ2v) is 4.72. The van der Waals surface area contributed by atoms with Crippen molar-refractivity contribution in [2.24, 2.45) is 0 Å². The molecule has 4 nitrogen and oxygen atoms in total. The number of likely N-dealkylation sites (N-methyl/N-ethyl adjacent to an activating group) is 1. The van der Waals surface area contributed by atoms with Crippen LogP contribution in [-0.2, 0) is 11.2 Å². The summed E-state index contributed by atoms with van der Waals surface area (Å²) < 4.78 is 10.2. The topological polar surface area (TPSA) is 51.5 Å². The van der Waals surface area contributed by atoms with Gasteiger partial charge in [-0.25, -0.2) is 4.79 Å². The molecule has 1 atom stereocenters. The van der Waals surface area contributed by atoms with Gasteiger partial charge in [0, 0.05) is 0 Å². The third kappa shape index (κ3) is 3.27. The number of ether oxygens (including phenoxy) is 1. The Morgan fingerprint density at radius 3 is 2.55 bits per heavy atom. The first-order chi connectivity index (χ1) is 9.63. The van der Waals surface area contributed by atoms with Crippen molar-refractivity contribution in [3.8, 4) is 0 Å². The minimum atomic E-state index is -0.457. The Labute approximate surface area is 118 Å². The first-order valence-corrected chi connectivity index (χ1v) is 6.55. The average molecular weight is 273 g/mol. The van der Waals surface area contributed by atoms with Crippen LogP contribution in [0.2, 0.25) is 0 Å². The van der Waals surface area contributed by atoms with Gasteiger partial charge < -0.3 is 14.5 Å². The van der Waals surface area contributed by atoms with Gasteiger partial charge in [-0.1, -0.05) is 29.8 Å². The third-order valence-corrected chi connectivity index (χ3v) is 3.27. The standard InChI is InChI=1S/C16H19NO3/c1-11-4-6-12(7-5-11)10-13(17-2)14-8-9-15(20-14)16(18)19-3/h4-9,13,17H,10H2,1-3H3. The van der Waals surface area contributed by atoms with Gasteiger partial charge in [0.15, 0.2) is 0 Å². The first-order valence-electron chi connectivity index (χ1n) is 6.55. The Hall–Kier alpha value is -2.07. The van der Waals surface area contributed by atoms with E-state index < -0.39 is 5.97 Å². The number of carbonyl (C=O) groups excluding carboxylic acids is 1. The maximum atomic E-state index is 11.4. The van der Waals surface area contributed by atoms with E-state index in [1.54, 1.807) is 6.07 Å². The number of rotatable bonds is 5. The number of nitrogens with one attached hydrogen (secondary N) is 1. The highest BCUT2D eigenvalue weighted by Crippen LogP contribution is 2.21. The van der Waals surface area contributed by atoms with E-state index in [1.165, 1.54) is 18.2 Å². The normalized spacial score (nSPS) is 12.2. The number of hydrogen-bond donors (Lipinski definition) is 1. The molecule has 1 N–H and O–H groups in total. The fraction of sp³-hybridized carbons (Fsp3) is 0.312. The summed E-state index contributed by atoms with van der Waals surface area (Å²) in [4.78, 5) is 11.4. The lowest BCUT2D eigenvalue weighted by Crippen LogP contribution is -2.18. The zero-order valence-electron chi connectivity index (χ0n) is 12.0. The van der Waals surface area contributed by atoms with Crippen LogP contribution in [0.5, 0.6) is 0 Å². The smallest absolute Gasteiger partial charge is 0.373 e. The summed E-state index contributed by atoms with van der Waals surface area (Å²) in [6.45, 7) is 2.06. The maximum Gasteiger partial charge on any atom is 0.373 e. The SMILES string of the molecule is CNC(Cc1ccc(C)cc1)c1ccc(C(=O)OC)o1. The summed E-state index contributed by atoms with van der Waals surface area (Å²) in [5.74, 6) is 0.501. The van der Waals surface area contributed by atoms with Crippen molar-refractivity contribution >= 4 is 5.97 Å². The van der Waals surface area contributed by atoms with Crippen LogP contribution >= 0.6 is 0 Å². The van der Waals surface area contributed by atoms with E-state index >= 15 is 0 Å². The Bertz CT molecular complexity index is 572. The second-order valence-electron chi connectivity index (χ2n) is 4.72. The summed E-state index contributed by atoms with van der Waals surface area (Å²) in [7, 11) is 3.21. The summed E-state index contributed by atoms with van der Waals surface area (Å²) in [6, 6.07) is 11.8. The molecule has 4 heteroatoms. The molecular formula is C16H19NO3. The van der Waals surface area contributed by atoms with Crippen LogP contribution in [0.25, 0.3) is 0 Å². The predicted molar refractivity (Wildman–Crippen MR) is 76.7 cm³/mol. The number of esters is 1. The second kappa shape index (κ2) is 6.39. The van der Waals surface area contributed by atoms with Crippen LogP contribution in [0.15, 0.2) is 40.8 Å². The van der Waals surface area contributed by atoms with Crippen molar-refractivity contribution in [2.75, 3.05) is 14.2 Å². The molecule has 1 aromatic carbocycles. The largest absolute Gasteiger partial charge is 0.463 e. The molecule has 2 rings (SSSR count). The molecule has 1 aromatic heterocycles. The lowest BCUT2D eigenvalue weighted by atomic mass is 10.0. The molecule has 0 aliphatic heterocycles. The molecule has 1 unspecified atom stereocenters. The molecule has 0 aliphatic carbocycles. The lowest BCUT2D eigenvalue weighted by molar-refractivity contribution is 0.0562. The van der Waals surface area contributed by atoms with E-state index in [4.69, 9.17) is 4.42 Å². The molecular weight excluding hydrogens is 254 g/mol. The van der Waals surface area contributed by atoms with Gasteiger partial charge >= 0.3 is 5.97 Å². The van der Waals surface area contributed by atoms with Gasteiger partial charge in [-0.2, -0.15) is 0 Å². The number of carbonyl (C=O) groups is 1. The highest BCUT2D eigenvalue weighted by atomic mass is 16.5. The van der Waals surface area contributed by atoms with Crippen LogP contribution in [0.4, 0.5) is 0 Å². The molecule has 0 aliphatic rings. The number of furan rings is 1. The van der Waals surface area contributed by atoms with E-state index in [9.17, 15) is 4.79 Å². The lowest BCUT2D eigenvalue weighted by Gasteiger charge is -2.13. The molecule has 0 saturated carbocycles. The number of aryl methyl sites for hydroxylation is 1. The highest BCUT2D eigenvalue weighted by molar-refractivity contribution is 5.86. The van der Waals surface area contributed by atoms with Crippen LogP contribution in [0.3, 0.4) is 0 Å². The highest BCUT2D eigenvalue weighted by Gasteiger charge is 2.17. The van der Waals surface area contributed by atoms with Gasteiger partial charge in [0.2, 0.25) is 5.76 Å². The minimum Gasteiger partial charge on any atom is -0.463 e. The van der Waals surface area contributed by atoms with Crippen molar-refractivity contribution in [2.45, 2.75) is 19.4 Å². The molecule has 20 heavy (non-hydrogen) atoms. The van der Waals surface area contributed by atoms with Gasteiger partial charge in [-0.15, -0.1) is 0 Å². The third-order valence-electron chi connectivity index (χ3n) is 3.27. The van der Waals surface area contributed by atoms with Gasteiger partial charge in [0.1, 0.15) is 5.76 Å². The first kappa shape index (κ1) is 14.3. The van der Waals surface area contributed by atoms with Crippen molar-refractivity contribution in [1.82, 2.24) is 5.32 Å². The molecule has 0 bridgehead atoms. The summed E-state index contributed by atoms with van der Waals surface area (Å²) in [5.41, 5.74) is 2.45. The number of hydrogen-bond acceptors (Lipinski definition) is 4. The zero-order chi connectivity index (χ0) is 14.5. The van der Waals surface area contributed by atoms with Gasteiger partial charge in [-0.3, -0.25) is 0 Å². The summed E-state index contributed by atoms with van der Waals surface area (Å²) in [5, 5.41) is 3.21. The Morgan fingerprint density at radius 2 is 1.95 bits per heavy atom. The van der Waals surface area contributed by atoms with Gasteiger partial charge in [-0.05, 0) is 38.1 Å². The van der Waals surface area contributed by atoms with Gasteiger partial charge in [0.05, 0.1) is 13.2 Å². The van der Waals surface area contributed by atoms with Crippen LogP contribution < -0.4 is 5.32 Å². The summed E-state index contributed by atoms with van der Waals surface area (Å²) >= 11 is 0. The zero-order valence-corrected chi connectivity index (χ0v) is 12.0. The van der Waals surface area contributed by atoms with E-state index in [-0.39, 0.29) is 11.8 Å². The molecule has 2 aromatic rings. The van der Waals surface area contributed by atoms with Crippen LogP contribution in [0, 0.1) is 6.92 Å². The quantitative estimate of drug-likeness (QED) is 0.851. The molecule has 106 valence electrons. The van der Waals surface area contributed by atoms with Crippen molar-refractivity contribution < 1.29 is 13.9 Å². The average Bonchev–Trinajstić information content (AvgIpc) is 2.95. The molecule has 1 heterocycles. The molecule has 0 saturated heterocycles. The van der Waals surface area contributed by atoms with Crippen molar-refractivity contribution in [3.05, 3.63) is 59.0 Å². The predicted octanol–water partition coefficient (Wildman–Crippen LogP) is 2.88. The van der Waals surface area contributed by atoms with Crippen molar-refractivity contribution in [3.63, 3.8) is 0 Å². The maximum absolute atomic E-state index is 11.4. The van der Waals surface area contributed by atoms with E-state index in [2.05, 4.69) is 41.2 Å². The number of methoxy groups -OCH3 is 1. The minimum absolute atomic E-state index is 0.0242. The fourth-order valence-corrected chi connectivity index (χ4v) is 2.06. The van der Waals surface area contributed by atoms with Crippen LogP contribution in [0.1, 0.15) is 33.5 Å². The molecule has 0 radical (unpaired) electrons. The fourth-order valence-electron chi connectivity index (χ4n) is 2.06. The Morgan fingerprint density at radius 1 is 1.25 bits per heavy atom. The van der Waals surface area contributed by atoms with E-state index in [0.29, 0.717) is 0 Å². The van der Waals surface area contributed by atoms with E-state index in [0.717, 1.165) is 12.2 Å². The monoisotopic (exact) mass is 273 g/mol. The molecule has 0 spiro atoms. The summed E-state index contributed by atoms with van der Waals surface area (Å²) in [6.07, 6.45) is 0.797. The van der Waals surface area contributed by atoms with Crippen LogP contribution in [-0.4, -0.2) is 20.1 Å². The van der Waals surface area contributed by atoms with Crippen molar-refractivity contribution in [1.29, 1.82) is 0 Å².